The molecule has 1 unspecified atom stereocenters. The summed E-state index contributed by atoms with van der Waals surface area (Å²) in [6, 6.07) is 22.8. The van der Waals surface area contributed by atoms with Crippen molar-refractivity contribution in [3.8, 4) is 11.5 Å². The fourth-order valence-corrected chi connectivity index (χ4v) is 5.01. The summed E-state index contributed by atoms with van der Waals surface area (Å²) in [5.74, 6) is 0.774. The lowest BCUT2D eigenvalue weighted by molar-refractivity contribution is -0.0254. The molecule has 0 aliphatic carbocycles. The molecule has 2 aliphatic rings. The van der Waals surface area contributed by atoms with E-state index >= 15 is 0 Å². The molecule has 0 radical (unpaired) electrons. The SMILES string of the molecule is O=S(=O)(N=CC1COC[C@H](N2c3ccccc3Oc3ccccc32)[C@H]1O)c1ccccc1. The summed E-state index contributed by atoms with van der Waals surface area (Å²) in [5, 5.41) is 11.3. The Morgan fingerprint density at radius 3 is 2.12 bits per heavy atom. The van der Waals surface area contributed by atoms with Gasteiger partial charge in [0.05, 0.1) is 41.6 Å². The molecule has 1 saturated heterocycles. The molecule has 2 heterocycles. The van der Waals surface area contributed by atoms with Crippen molar-refractivity contribution in [2.24, 2.45) is 10.3 Å². The molecule has 164 valence electrons. The van der Waals surface area contributed by atoms with E-state index in [1.54, 1.807) is 18.2 Å². The molecule has 32 heavy (non-hydrogen) atoms. The molecule has 0 saturated carbocycles. The molecule has 0 aromatic heterocycles. The van der Waals surface area contributed by atoms with Crippen LogP contribution in [0.25, 0.3) is 0 Å². The molecule has 8 heteroatoms. The van der Waals surface area contributed by atoms with Crippen molar-refractivity contribution < 1.29 is 23.0 Å². The third-order valence-corrected chi connectivity index (χ3v) is 6.93. The van der Waals surface area contributed by atoms with Crippen molar-refractivity contribution in [1.82, 2.24) is 0 Å². The third kappa shape index (κ3) is 3.77. The van der Waals surface area contributed by atoms with E-state index in [-0.39, 0.29) is 18.1 Å². The minimum Gasteiger partial charge on any atom is -0.453 e. The van der Waals surface area contributed by atoms with Crippen LogP contribution in [0.3, 0.4) is 0 Å². The van der Waals surface area contributed by atoms with Crippen LogP contribution in [0.2, 0.25) is 0 Å². The van der Waals surface area contributed by atoms with Gasteiger partial charge in [0.25, 0.3) is 10.0 Å². The van der Waals surface area contributed by atoms with Gasteiger partial charge in [0.2, 0.25) is 0 Å². The summed E-state index contributed by atoms with van der Waals surface area (Å²) in [4.78, 5) is 2.11. The first-order valence-corrected chi connectivity index (χ1v) is 11.7. The number of fused-ring (bicyclic) bond motifs is 2. The Labute approximate surface area is 186 Å². The summed E-state index contributed by atoms with van der Waals surface area (Å²) < 4.78 is 40.7. The number of rotatable bonds is 4. The van der Waals surface area contributed by atoms with E-state index in [2.05, 4.69) is 4.40 Å². The van der Waals surface area contributed by atoms with Crippen molar-refractivity contribution >= 4 is 27.6 Å². The smallest absolute Gasteiger partial charge is 0.281 e. The maximum atomic E-state index is 12.5. The van der Waals surface area contributed by atoms with Crippen LogP contribution in [0.1, 0.15) is 0 Å². The third-order valence-electron chi connectivity index (χ3n) is 5.67. The fourth-order valence-electron chi connectivity index (χ4n) is 4.07. The molecule has 0 bridgehead atoms. The number of para-hydroxylation sites is 4. The second-order valence-corrected chi connectivity index (χ2v) is 9.34. The number of nitrogens with zero attached hydrogens (tertiary/aromatic N) is 2. The van der Waals surface area contributed by atoms with Gasteiger partial charge in [0.1, 0.15) is 0 Å². The molecule has 1 N–H and O–H groups in total. The van der Waals surface area contributed by atoms with Gasteiger partial charge in [-0.05, 0) is 36.4 Å². The highest BCUT2D eigenvalue weighted by molar-refractivity contribution is 7.90. The van der Waals surface area contributed by atoms with Gasteiger partial charge in [-0.25, -0.2) is 0 Å². The summed E-state index contributed by atoms with van der Waals surface area (Å²) in [5.41, 5.74) is 1.63. The van der Waals surface area contributed by atoms with E-state index in [1.165, 1.54) is 18.3 Å². The van der Waals surface area contributed by atoms with Crippen LogP contribution in [0.5, 0.6) is 11.5 Å². The lowest BCUT2D eigenvalue weighted by atomic mass is 9.93. The molecule has 0 spiro atoms. The summed E-state index contributed by atoms with van der Waals surface area (Å²) in [7, 11) is -3.85. The monoisotopic (exact) mass is 450 g/mol. The number of anilines is 2. The number of hydrogen-bond donors (Lipinski definition) is 1. The first-order chi connectivity index (χ1) is 15.5. The van der Waals surface area contributed by atoms with E-state index in [0.29, 0.717) is 11.5 Å². The zero-order valence-corrected chi connectivity index (χ0v) is 17.9. The van der Waals surface area contributed by atoms with Gasteiger partial charge in [-0.15, -0.1) is 0 Å². The topological polar surface area (TPSA) is 88.4 Å². The van der Waals surface area contributed by atoms with E-state index in [0.717, 1.165) is 11.4 Å². The molecule has 2 aliphatic heterocycles. The van der Waals surface area contributed by atoms with E-state index in [1.807, 2.05) is 53.4 Å². The summed E-state index contributed by atoms with van der Waals surface area (Å²) in [6.07, 6.45) is 0.384. The Hall–Kier alpha value is -3.20. The van der Waals surface area contributed by atoms with Gasteiger partial charge in [0.15, 0.2) is 11.5 Å². The van der Waals surface area contributed by atoms with Gasteiger partial charge in [0, 0.05) is 12.1 Å². The molecule has 3 aromatic rings. The number of benzene rings is 3. The maximum absolute atomic E-state index is 12.5. The molecule has 1 fully saturated rings. The zero-order chi connectivity index (χ0) is 22.1. The predicted octanol–water partition coefficient (Wildman–Crippen LogP) is 3.77. The quantitative estimate of drug-likeness (QED) is 0.609. The normalized spacial score (nSPS) is 22.8. The van der Waals surface area contributed by atoms with E-state index in [4.69, 9.17) is 9.47 Å². The molecular formula is C24H22N2O5S. The standard InChI is InChI=1S/C24H22N2O5S/c27-24-17(14-25-32(28,29)18-8-2-1-3-9-18)15-30-16-21(24)26-19-10-4-6-12-22(19)31-23-13-7-5-11-20(23)26/h1-14,17,21,24,27H,15-16H2/t17?,21-,24-/m0/s1. The first-order valence-electron chi connectivity index (χ1n) is 10.3. The minimum absolute atomic E-state index is 0.107. The highest BCUT2D eigenvalue weighted by atomic mass is 32.2. The molecule has 0 amide bonds. The van der Waals surface area contributed by atoms with Gasteiger partial charge in [-0.2, -0.15) is 12.8 Å². The van der Waals surface area contributed by atoms with Gasteiger partial charge in [-0.1, -0.05) is 42.5 Å². The Kier molecular flexibility index (Phi) is 5.42. The predicted molar refractivity (Wildman–Crippen MR) is 121 cm³/mol. The van der Waals surface area contributed by atoms with Crippen LogP contribution >= 0.6 is 0 Å². The molecule has 7 nitrogen and oxygen atoms in total. The molecule has 3 aromatic carbocycles. The Bertz CT molecular complexity index is 1200. The van der Waals surface area contributed by atoms with Crippen LogP contribution in [0, 0.1) is 5.92 Å². The van der Waals surface area contributed by atoms with Gasteiger partial charge >= 0.3 is 0 Å². The average molecular weight is 451 g/mol. The maximum Gasteiger partial charge on any atom is 0.281 e. The van der Waals surface area contributed by atoms with E-state index in [9.17, 15) is 13.5 Å². The second-order valence-electron chi connectivity index (χ2n) is 7.71. The fraction of sp³-hybridized carbons (Fsp3) is 0.208. The van der Waals surface area contributed by atoms with Crippen molar-refractivity contribution in [3.63, 3.8) is 0 Å². The molecule has 3 atom stereocenters. The van der Waals surface area contributed by atoms with Crippen LogP contribution in [-0.4, -0.2) is 45.1 Å². The van der Waals surface area contributed by atoms with Gasteiger partial charge in [-0.3, -0.25) is 0 Å². The van der Waals surface area contributed by atoms with Gasteiger partial charge < -0.3 is 19.5 Å². The largest absolute Gasteiger partial charge is 0.453 e. The number of sulfonamides is 1. The number of aliphatic hydroxyl groups excluding tert-OH is 1. The molecular weight excluding hydrogens is 428 g/mol. The van der Waals surface area contributed by atoms with Crippen LogP contribution < -0.4 is 9.64 Å². The van der Waals surface area contributed by atoms with E-state index < -0.39 is 28.1 Å². The van der Waals surface area contributed by atoms with Crippen molar-refractivity contribution in [1.29, 1.82) is 0 Å². The number of ether oxygens (including phenoxy) is 2. The van der Waals surface area contributed by atoms with Crippen LogP contribution in [-0.2, 0) is 14.8 Å². The minimum atomic E-state index is -3.85. The van der Waals surface area contributed by atoms with Crippen molar-refractivity contribution in [3.05, 3.63) is 78.9 Å². The summed E-state index contributed by atoms with van der Waals surface area (Å²) >= 11 is 0. The number of hydrogen-bond acceptors (Lipinski definition) is 6. The highest BCUT2D eigenvalue weighted by Crippen LogP contribution is 2.48. The Morgan fingerprint density at radius 2 is 1.47 bits per heavy atom. The first kappa shape index (κ1) is 20.7. The van der Waals surface area contributed by atoms with Crippen molar-refractivity contribution in [2.75, 3.05) is 18.1 Å². The number of aliphatic hydroxyl groups is 1. The lowest BCUT2D eigenvalue weighted by Crippen LogP contribution is -2.53. The second kappa shape index (κ2) is 8.38. The zero-order valence-electron chi connectivity index (χ0n) is 17.1. The summed E-state index contributed by atoms with van der Waals surface area (Å²) in [6.45, 7) is 0.457. The van der Waals surface area contributed by atoms with Crippen molar-refractivity contribution in [2.45, 2.75) is 17.0 Å². The average Bonchev–Trinajstić information content (AvgIpc) is 2.83. The Balaban J connectivity index is 1.46. The lowest BCUT2D eigenvalue weighted by Gasteiger charge is -2.43. The molecule has 5 rings (SSSR count). The van der Waals surface area contributed by atoms with Crippen LogP contribution in [0.15, 0.2) is 88.2 Å². The Morgan fingerprint density at radius 1 is 0.875 bits per heavy atom. The van der Waals surface area contributed by atoms with Crippen LogP contribution in [0.4, 0.5) is 11.4 Å². The highest BCUT2D eigenvalue weighted by Gasteiger charge is 2.40.